The molecule has 0 aliphatic heterocycles. The van der Waals surface area contributed by atoms with Crippen LogP contribution in [0.1, 0.15) is 32.4 Å². The fourth-order valence-electron chi connectivity index (χ4n) is 2.41. The van der Waals surface area contributed by atoms with E-state index in [4.69, 9.17) is 11.6 Å². The van der Waals surface area contributed by atoms with Gasteiger partial charge in [-0.2, -0.15) is 0 Å². The van der Waals surface area contributed by atoms with Gasteiger partial charge in [0.1, 0.15) is 0 Å². The van der Waals surface area contributed by atoms with E-state index in [1.165, 1.54) is 6.92 Å². The van der Waals surface area contributed by atoms with Gasteiger partial charge in [0.2, 0.25) is 11.8 Å². The molecule has 2 atom stereocenters. The Kier molecular flexibility index (Phi) is 6.56. The van der Waals surface area contributed by atoms with E-state index < -0.39 is 0 Å². The Morgan fingerprint density at radius 2 is 1.56 bits per heavy atom. The molecule has 0 fully saturated rings. The van der Waals surface area contributed by atoms with Crippen molar-refractivity contribution in [3.63, 3.8) is 0 Å². The molecule has 0 aliphatic rings. The highest BCUT2D eigenvalue weighted by atomic mass is 35.5. The second-order valence-electron chi connectivity index (χ2n) is 5.91. The van der Waals surface area contributed by atoms with E-state index in [-0.39, 0.29) is 23.9 Å². The van der Waals surface area contributed by atoms with Crippen LogP contribution in [0, 0.1) is 0 Å². The summed E-state index contributed by atoms with van der Waals surface area (Å²) in [5.74, 6) is -0.272. The Morgan fingerprint density at radius 1 is 0.960 bits per heavy atom. The van der Waals surface area contributed by atoms with Gasteiger partial charge in [-0.05, 0) is 55.8 Å². The quantitative estimate of drug-likeness (QED) is 0.730. The molecule has 0 heterocycles. The number of carbonyl (C=O) groups excluding carboxylic acids is 2. The van der Waals surface area contributed by atoms with Gasteiger partial charge in [-0.15, -0.1) is 0 Å². The van der Waals surface area contributed by atoms with Crippen LogP contribution < -0.4 is 16.0 Å². The fourth-order valence-corrected chi connectivity index (χ4v) is 2.61. The highest BCUT2D eigenvalue weighted by molar-refractivity contribution is 6.30. The van der Waals surface area contributed by atoms with Crippen LogP contribution in [-0.2, 0) is 9.59 Å². The number of anilines is 2. The Morgan fingerprint density at radius 3 is 2.12 bits per heavy atom. The summed E-state index contributed by atoms with van der Waals surface area (Å²) in [6, 6.07) is 14.1. The Labute approximate surface area is 152 Å². The van der Waals surface area contributed by atoms with Crippen LogP contribution in [-0.4, -0.2) is 17.9 Å². The lowest BCUT2D eigenvalue weighted by atomic mass is 10.1. The number of halogens is 1. The predicted molar refractivity (Wildman–Crippen MR) is 102 cm³/mol. The summed E-state index contributed by atoms with van der Waals surface area (Å²) in [5.41, 5.74) is 2.38. The van der Waals surface area contributed by atoms with Gasteiger partial charge < -0.3 is 10.6 Å². The van der Waals surface area contributed by atoms with E-state index in [0.29, 0.717) is 16.4 Å². The van der Waals surface area contributed by atoms with E-state index in [1.807, 2.05) is 38.1 Å². The average Bonchev–Trinajstić information content (AvgIpc) is 2.56. The van der Waals surface area contributed by atoms with Gasteiger partial charge in [-0.25, -0.2) is 0 Å². The van der Waals surface area contributed by atoms with Crippen molar-refractivity contribution in [2.24, 2.45) is 0 Å². The number of rotatable bonds is 6. The first-order chi connectivity index (χ1) is 11.8. The Hall–Kier alpha value is -2.37. The summed E-state index contributed by atoms with van der Waals surface area (Å²) < 4.78 is 0. The van der Waals surface area contributed by atoms with Crippen molar-refractivity contribution in [1.29, 1.82) is 0 Å². The lowest BCUT2D eigenvalue weighted by molar-refractivity contribution is -0.118. The summed E-state index contributed by atoms with van der Waals surface area (Å²) in [4.78, 5) is 23.3. The van der Waals surface area contributed by atoms with E-state index in [1.54, 1.807) is 24.3 Å². The minimum atomic E-state index is -0.385. The van der Waals surface area contributed by atoms with Crippen molar-refractivity contribution < 1.29 is 9.59 Å². The van der Waals surface area contributed by atoms with Gasteiger partial charge in [0.25, 0.3) is 0 Å². The van der Waals surface area contributed by atoms with E-state index >= 15 is 0 Å². The van der Waals surface area contributed by atoms with Crippen LogP contribution in [0.15, 0.2) is 48.5 Å². The zero-order valence-corrected chi connectivity index (χ0v) is 15.2. The molecule has 6 heteroatoms. The number of hydrogen-bond donors (Lipinski definition) is 3. The first-order valence-electron chi connectivity index (χ1n) is 8.05. The molecule has 0 saturated carbocycles. The van der Waals surface area contributed by atoms with E-state index in [0.717, 1.165) is 5.56 Å². The highest BCUT2D eigenvalue weighted by Gasteiger charge is 2.16. The van der Waals surface area contributed by atoms with Crippen LogP contribution in [0.2, 0.25) is 5.02 Å². The largest absolute Gasteiger partial charge is 0.326 e. The summed E-state index contributed by atoms with van der Waals surface area (Å²) >= 11 is 6.01. The molecular formula is C19H22ClN3O2. The molecule has 0 saturated heterocycles. The summed E-state index contributed by atoms with van der Waals surface area (Å²) in [7, 11) is 0. The third kappa shape index (κ3) is 5.89. The number of nitrogens with one attached hydrogen (secondary N) is 3. The number of carbonyl (C=O) groups is 2. The lowest BCUT2D eigenvalue weighted by Gasteiger charge is -2.20. The Bertz CT molecular complexity index is 747. The topological polar surface area (TPSA) is 70.2 Å². The number of hydrogen-bond acceptors (Lipinski definition) is 3. The molecule has 2 rings (SSSR count). The molecule has 0 unspecified atom stereocenters. The molecule has 3 N–H and O–H groups in total. The molecule has 0 aliphatic carbocycles. The smallest absolute Gasteiger partial charge is 0.241 e. The van der Waals surface area contributed by atoms with Crippen LogP contribution in [0.5, 0.6) is 0 Å². The van der Waals surface area contributed by atoms with Crippen molar-refractivity contribution in [2.75, 3.05) is 10.6 Å². The second kappa shape index (κ2) is 8.65. The zero-order valence-electron chi connectivity index (χ0n) is 14.5. The predicted octanol–water partition coefficient (Wildman–Crippen LogP) is 3.98. The van der Waals surface area contributed by atoms with Crippen molar-refractivity contribution in [3.05, 3.63) is 59.1 Å². The molecule has 25 heavy (non-hydrogen) atoms. The fraction of sp³-hybridized carbons (Fsp3) is 0.263. The normalized spacial score (nSPS) is 13.0. The third-order valence-corrected chi connectivity index (χ3v) is 3.95. The van der Waals surface area contributed by atoms with Crippen molar-refractivity contribution in [2.45, 2.75) is 32.9 Å². The zero-order chi connectivity index (χ0) is 18.4. The van der Waals surface area contributed by atoms with Gasteiger partial charge in [-0.1, -0.05) is 23.7 Å². The molecular weight excluding hydrogens is 338 g/mol. The molecule has 2 aromatic rings. The average molecular weight is 360 g/mol. The summed E-state index contributed by atoms with van der Waals surface area (Å²) in [5, 5.41) is 9.45. The highest BCUT2D eigenvalue weighted by Crippen LogP contribution is 2.18. The standard InChI is InChI=1S/C19H22ClN3O2/c1-12(15-5-4-6-16(20)11-15)21-13(2)19(25)23-18-9-7-17(8-10-18)22-14(3)24/h4-13,21H,1-3H3,(H,22,24)(H,23,25)/t12-,13-/m1/s1. The molecule has 0 spiro atoms. The van der Waals surface area contributed by atoms with Crippen LogP contribution in [0.25, 0.3) is 0 Å². The maximum atomic E-state index is 12.3. The van der Waals surface area contributed by atoms with Crippen molar-refractivity contribution in [3.8, 4) is 0 Å². The maximum Gasteiger partial charge on any atom is 0.241 e. The van der Waals surface area contributed by atoms with Gasteiger partial charge in [0, 0.05) is 29.4 Å². The van der Waals surface area contributed by atoms with Crippen molar-refractivity contribution in [1.82, 2.24) is 5.32 Å². The first-order valence-corrected chi connectivity index (χ1v) is 8.43. The van der Waals surface area contributed by atoms with Crippen LogP contribution in [0.3, 0.4) is 0 Å². The molecule has 2 aromatic carbocycles. The first kappa shape index (κ1) is 19.0. The summed E-state index contributed by atoms with van der Waals surface area (Å²) in [6.45, 7) is 5.24. The van der Waals surface area contributed by atoms with E-state index in [9.17, 15) is 9.59 Å². The maximum absolute atomic E-state index is 12.3. The minimum Gasteiger partial charge on any atom is -0.326 e. The van der Waals surface area contributed by atoms with Crippen molar-refractivity contribution >= 4 is 34.8 Å². The molecule has 132 valence electrons. The SMILES string of the molecule is CC(=O)Nc1ccc(NC(=O)[C@@H](C)N[C@H](C)c2cccc(Cl)c2)cc1. The lowest BCUT2D eigenvalue weighted by Crippen LogP contribution is -2.39. The third-order valence-electron chi connectivity index (χ3n) is 3.71. The molecule has 0 radical (unpaired) electrons. The second-order valence-corrected chi connectivity index (χ2v) is 6.35. The van der Waals surface area contributed by atoms with E-state index in [2.05, 4.69) is 16.0 Å². The minimum absolute atomic E-state index is 0.0124. The molecule has 5 nitrogen and oxygen atoms in total. The molecule has 0 aromatic heterocycles. The summed E-state index contributed by atoms with van der Waals surface area (Å²) in [6.07, 6.45) is 0. The molecule has 2 amide bonds. The van der Waals surface area contributed by atoms with Crippen LogP contribution >= 0.6 is 11.6 Å². The molecule has 0 bridgehead atoms. The Balaban J connectivity index is 1.92. The van der Waals surface area contributed by atoms with Gasteiger partial charge >= 0.3 is 0 Å². The van der Waals surface area contributed by atoms with Crippen LogP contribution in [0.4, 0.5) is 11.4 Å². The monoisotopic (exact) mass is 359 g/mol. The number of benzene rings is 2. The van der Waals surface area contributed by atoms with Gasteiger partial charge in [0.05, 0.1) is 6.04 Å². The van der Waals surface area contributed by atoms with Gasteiger partial charge in [-0.3, -0.25) is 14.9 Å². The van der Waals surface area contributed by atoms with Gasteiger partial charge in [0.15, 0.2) is 0 Å². The number of amides is 2.